The second kappa shape index (κ2) is 7.69. The lowest BCUT2D eigenvalue weighted by Crippen LogP contribution is -2.18. The highest BCUT2D eigenvalue weighted by Gasteiger charge is 2.29. The van der Waals surface area contributed by atoms with Crippen LogP contribution < -0.4 is 0 Å². The van der Waals surface area contributed by atoms with E-state index in [0.29, 0.717) is 0 Å². The average molecular weight is 372 g/mol. The Kier molecular flexibility index (Phi) is 5.60. The summed E-state index contributed by atoms with van der Waals surface area (Å²) < 4.78 is 0. The summed E-state index contributed by atoms with van der Waals surface area (Å²) in [6, 6.07) is 7.85. The lowest BCUT2D eigenvalue weighted by Gasteiger charge is -2.22. The number of hydrogen-bond donors (Lipinski definition) is 4. The summed E-state index contributed by atoms with van der Waals surface area (Å²) in [5, 5.41) is 37.6. The molecule has 0 atom stereocenters. The zero-order valence-corrected chi connectivity index (χ0v) is 14.2. The van der Waals surface area contributed by atoms with Crippen molar-refractivity contribution >= 4 is 23.9 Å². The lowest BCUT2D eigenvalue weighted by molar-refractivity contribution is 0.0648. The van der Waals surface area contributed by atoms with Gasteiger partial charge in [-0.2, -0.15) is 0 Å². The molecule has 0 heterocycles. The maximum absolute atomic E-state index is 11.7. The number of carboxylic acids is 4. The maximum atomic E-state index is 11.7. The van der Waals surface area contributed by atoms with Gasteiger partial charge >= 0.3 is 23.9 Å². The van der Waals surface area contributed by atoms with Crippen molar-refractivity contribution in [3.8, 4) is 0 Å². The van der Waals surface area contributed by atoms with Crippen molar-refractivity contribution < 1.29 is 39.6 Å². The Labute approximate surface area is 153 Å². The van der Waals surface area contributed by atoms with Gasteiger partial charge in [-0.1, -0.05) is 31.2 Å². The summed E-state index contributed by atoms with van der Waals surface area (Å²) in [7, 11) is 0. The van der Waals surface area contributed by atoms with E-state index in [-0.39, 0.29) is 17.5 Å². The van der Waals surface area contributed by atoms with Crippen LogP contribution in [0, 0.1) is 0 Å². The standard InChI is InChI=1S/C19H16O8/c1-2-9(10-5-3-7-12(16(20)21)14(10)18(24)25)11-6-4-8-13(17(22)23)15(11)19(26)27/h3-9H,2H2,1H3,(H,20,21)(H,22,23)(H,24,25)(H,26,27). The zero-order valence-electron chi connectivity index (χ0n) is 14.2. The van der Waals surface area contributed by atoms with Gasteiger partial charge in [0, 0.05) is 5.92 Å². The Morgan fingerprint density at radius 1 is 0.704 bits per heavy atom. The first-order valence-electron chi connectivity index (χ1n) is 7.89. The van der Waals surface area contributed by atoms with Gasteiger partial charge in [0.15, 0.2) is 0 Å². The minimum atomic E-state index is -1.47. The van der Waals surface area contributed by atoms with Gasteiger partial charge in [0.25, 0.3) is 0 Å². The van der Waals surface area contributed by atoms with Gasteiger partial charge in [-0.05, 0) is 29.7 Å². The van der Waals surface area contributed by atoms with E-state index >= 15 is 0 Å². The van der Waals surface area contributed by atoms with Crippen LogP contribution >= 0.6 is 0 Å². The molecule has 0 unspecified atom stereocenters. The smallest absolute Gasteiger partial charge is 0.336 e. The predicted octanol–water partition coefficient (Wildman–Crippen LogP) is 3.02. The molecule has 27 heavy (non-hydrogen) atoms. The minimum absolute atomic E-state index is 0.106. The molecule has 0 bridgehead atoms. The SMILES string of the molecule is CCC(c1cccc(C(=O)O)c1C(=O)O)c1cccc(C(=O)O)c1C(=O)O. The molecule has 8 nitrogen and oxygen atoms in total. The van der Waals surface area contributed by atoms with Crippen molar-refractivity contribution in [2.75, 3.05) is 0 Å². The van der Waals surface area contributed by atoms with Gasteiger partial charge in [-0.15, -0.1) is 0 Å². The van der Waals surface area contributed by atoms with Crippen molar-refractivity contribution in [3.63, 3.8) is 0 Å². The summed E-state index contributed by atoms with van der Waals surface area (Å²) in [6.45, 7) is 1.67. The summed E-state index contributed by atoms with van der Waals surface area (Å²) in [5.74, 6) is -6.61. The van der Waals surface area contributed by atoms with Gasteiger partial charge in [0.2, 0.25) is 0 Å². The molecule has 0 radical (unpaired) electrons. The van der Waals surface area contributed by atoms with Crippen molar-refractivity contribution in [3.05, 3.63) is 69.8 Å². The summed E-state index contributed by atoms with van der Waals surface area (Å²) in [4.78, 5) is 46.3. The maximum Gasteiger partial charge on any atom is 0.336 e. The second-order valence-corrected chi connectivity index (χ2v) is 5.72. The van der Waals surface area contributed by atoms with Crippen LogP contribution in [0.4, 0.5) is 0 Å². The zero-order chi connectivity index (χ0) is 20.3. The molecule has 0 saturated heterocycles. The molecule has 0 aliphatic carbocycles. The molecule has 0 aliphatic heterocycles. The van der Waals surface area contributed by atoms with Crippen molar-refractivity contribution in [1.29, 1.82) is 0 Å². The first-order chi connectivity index (χ1) is 12.7. The Bertz CT molecular complexity index is 869. The van der Waals surface area contributed by atoms with Crippen LogP contribution in [0.3, 0.4) is 0 Å². The number of benzene rings is 2. The van der Waals surface area contributed by atoms with Gasteiger partial charge in [-0.25, -0.2) is 19.2 Å². The molecule has 0 amide bonds. The van der Waals surface area contributed by atoms with Crippen molar-refractivity contribution in [2.45, 2.75) is 19.3 Å². The van der Waals surface area contributed by atoms with Crippen LogP contribution in [0.1, 0.15) is 71.8 Å². The Balaban J connectivity index is 2.84. The monoisotopic (exact) mass is 372 g/mol. The Hall–Kier alpha value is -3.68. The summed E-state index contributed by atoms with van der Waals surface area (Å²) in [6.07, 6.45) is 0.229. The van der Waals surface area contributed by atoms with E-state index in [1.165, 1.54) is 24.3 Å². The van der Waals surface area contributed by atoms with Crippen molar-refractivity contribution in [2.24, 2.45) is 0 Å². The van der Waals surface area contributed by atoms with E-state index in [0.717, 1.165) is 12.1 Å². The van der Waals surface area contributed by atoms with Crippen LogP contribution in [-0.2, 0) is 0 Å². The van der Waals surface area contributed by atoms with Gasteiger partial charge < -0.3 is 20.4 Å². The van der Waals surface area contributed by atoms with Crippen LogP contribution in [0.2, 0.25) is 0 Å². The normalized spacial score (nSPS) is 10.6. The molecule has 0 aromatic heterocycles. The molecular weight excluding hydrogens is 356 g/mol. The Morgan fingerprint density at radius 3 is 1.33 bits per heavy atom. The molecule has 0 fully saturated rings. The predicted molar refractivity (Wildman–Crippen MR) is 92.9 cm³/mol. The Morgan fingerprint density at radius 2 is 1.07 bits per heavy atom. The first-order valence-corrected chi connectivity index (χ1v) is 7.89. The first kappa shape index (κ1) is 19.6. The number of carboxylic acid groups (broad SMARTS) is 4. The molecule has 2 rings (SSSR count). The molecule has 140 valence electrons. The fourth-order valence-corrected chi connectivity index (χ4v) is 3.16. The van der Waals surface area contributed by atoms with Gasteiger partial charge in [-0.3, -0.25) is 0 Å². The highest BCUT2D eigenvalue weighted by molar-refractivity contribution is 6.04. The molecule has 2 aromatic carbocycles. The fourth-order valence-electron chi connectivity index (χ4n) is 3.16. The third-order valence-corrected chi connectivity index (χ3v) is 4.24. The van der Waals surface area contributed by atoms with Gasteiger partial charge in [0.05, 0.1) is 22.3 Å². The molecule has 0 saturated carbocycles. The molecule has 8 heteroatoms. The lowest BCUT2D eigenvalue weighted by atomic mass is 9.81. The largest absolute Gasteiger partial charge is 0.478 e. The highest BCUT2D eigenvalue weighted by Crippen LogP contribution is 2.35. The molecule has 2 aromatic rings. The van der Waals surface area contributed by atoms with Crippen LogP contribution in [-0.4, -0.2) is 44.3 Å². The van der Waals surface area contributed by atoms with Crippen LogP contribution in [0.25, 0.3) is 0 Å². The summed E-state index contributed by atoms with van der Waals surface area (Å²) >= 11 is 0. The molecule has 4 N–H and O–H groups in total. The minimum Gasteiger partial charge on any atom is -0.478 e. The highest BCUT2D eigenvalue weighted by atomic mass is 16.4. The van der Waals surface area contributed by atoms with Crippen LogP contribution in [0.15, 0.2) is 36.4 Å². The fraction of sp³-hybridized carbons (Fsp3) is 0.158. The van der Waals surface area contributed by atoms with Crippen molar-refractivity contribution in [1.82, 2.24) is 0 Å². The quantitative estimate of drug-likeness (QED) is 0.579. The second-order valence-electron chi connectivity index (χ2n) is 5.72. The number of aromatic carboxylic acids is 4. The average Bonchev–Trinajstić information content (AvgIpc) is 2.61. The van der Waals surface area contributed by atoms with E-state index < -0.39 is 52.0 Å². The van der Waals surface area contributed by atoms with Gasteiger partial charge in [0.1, 0.15) is 0 Å². The number of hydrogen-bond acceptors (Lipinski definition) is 4. The summed E-state index contributed by atoms with van der Waals surface area (Å²) in [5.41, 5.74) is -1.54. The number of carbonyl (C=O) groups is 4. The molecular formula is C19H16O8. The van der Waals surface area contributed by atoms with E-state index in [2.05, 4.69) is 0 Å². The topological polar surface area (TPSA) is 149 Å². The third kappa shape index (κ3) is 3.64. The van der Waals surface area contributed by atoms with E-state index in [1.54, 1.807) is 6.92 Å². The molecule has 0 aliphatic rings. The van der Waals surface area contributed by atoms with E-state index in [1.807, 2.05) is 0 Å². The number of rotatable bonds is 7. The van der Waals surface area contributed by atoms with E-state index in [9.17, 15) is 39.6 Å². The molecule has 0 spiro atoms. The van der Waals surface area contributed by atoms with Crippen LogP contribution in [0.5, 0.6) is 0 Å². The third-order valence-electron chi connectivity index (χ3n) is 4.24. The van der Waals surface area contributed by atoms with E-state index in [4.69, 9.17) is 0 Å².